The van der Waals surface area contributed by atoms with E-state index in [0.717, 1.165) is 6.07 Å². The average molecular weight is 475 g/mol. The molecule has 12 heteroatoms. The van der Waals surface area contributed by atoms with Gasteiger partial charge in [0, 0.05) is 5.56 Å². The molecular weight excluding hydrogens is 455 g/mol. The third kappa shape index (κ3) is 5.09. The zero-order valence-corrected chi connectivity index (χ0v) is 17.5. The van der Waals surface area contributed by atoms with Gasteiger partial charge in [-0.25, -0.2) is 9.50 Å². The van der Waals surface area contributed by atoms with Crippen LogP contribution in [0.15, 0.2) is 66.6 Å². The highest BCUT2D eigenvalue weighted by Crippen LogP contribution is 2.36. The zero-order valence-electron chi connectivity index (χ0n) is 17.5. The first kappa shape index (κ1) is 23.4. The van der Waals surface area contributed by atoms with Crippen LogP contribution in [-0.2, 0) is 10.9 Å². The number of allylic oxidation sites excluding steroid dienone is 2. The first-order valence-electron chi connectivity index (χ1n) is 10.1. The number of alkyl halides is 3. The number of nitrogens with zero attached hydrogens (tertiary/aromatic N) is 3. The van der Waals surface area contributed by atoms with Gasteiger partial charge < -0.3 is 25.6 Å². The number of carbonyl (C=O) groups excluding carboxylic acids is 1. The summed E-state index contributed by atoms with van der Waals surface area (Å²) in [7, 11) is 0. The third-order valence-electron chi connectivity index (χ3n) is 4.88. The van der Waals surface area contributed by atoms with Crippen LogP contribution >= 0.6 is 0 Å². The molecule has 9 nitrogen and oxygen atoms in total. The van der Waals surface area contributed by atoms with Crippen molar-refractivity contribution in [3.63, 3.8) is 0 Å². The molecule has 3 heterocycles. The molecule has 0 saturated heterocycles. The highest BCUT2D eigenvalue weighted by Gasteiger charge is 2.33. The highest BCUT2D eigenvalue weighted by atomic mass is 19.4. The van der Waals surface area contributed by atoms with Crippen LogP contribution in [-0.4, -0.2) is 56.3 Å². The van der Waals surface area contributed by atoms with Crippen LogP contribution in [0.25, 0.3) is 16.9 Å². The van der Waals surface area contributed by atoms with Gasteiger partial charge in [0.15, 0.2) is 11.3 Å². The van der Waals surface area contributed by atoms with Crippen molar-refractivity contribution in [2.75, 3.05) is 13.2 Å². The maximum absolute atomic E-state index is 13.4. The number of hydrogen-bond donors (Lipinski definition) is 4. The average Bonchev–Trinajstić information content (AvgIpc) is 3.25. The number of dihydropyridines is 1. The van der Waals surface area contributed by atoms with Gasteiger partial charge >= 0.3 is 6.18 Å². The van der Waals surface area contributed by atoms with E-state index in [0.29, 0.717) is 0 Å². The minimum Gasteiger partial charge on any atom is -0.394 e. The monoisotopic (exact) mass is 475 g/mol. The van der Waals surface area contributed by atoms with E-state index in [2.05, 4.69) is 20.7 Å². The maximum Gasteiger partial charge on any atom is 0.417 e. The number of hydrogen-bond acceptors (Lipinski definition) is 7. The Morgan fingerprint density at radius 1 is 1.26 bits per heavy atom. The number of aliphatic hydroxyl groups excluding tert-OH is 2. The summed E-state index contributed by atoms with van der Waals surface area (Å²) in [5.41, 5.74) is -0.645. The molecule has 0 saturated carbocycles. The predicted octanol–water partition coefficient (Wildman–Crippen LogP) is 1.84. The summed E-state index contributed by atoms with van der Waals surface area (Å²) < 4.78 is 46.9. The Kier molecular flexibility index (Phi) is 6.63. The fourth-order valence-corrected chi connectivity index (χ4v) is 3.26. The number of benzene rings is 1. The SMILES string of the molecule is O=C(NC1=CC=CC(OCC(O)CO)N1)c1cnc2ccc(-c3ccccc3C(F)(F)F)nn12. The van der Waals surface area contributed by atoms with E-state index in [1.165, 1.54) is 41.0 Å². The minimum absolute atomic E-state index is 0.00626. The van der Waals surface area contributed by atoms with Crippen molar-refractivity contribution >= 4 is 11.6 Å². The Balaban J connectivity index is 1.55. The van der Waals surface area contributed by atoms with E-state index >= 15 is 0 Å². The molecule has 2 atom stereocenters. The number of ether oxygens (including phenoxy) is 1. The number of carbonyl (C=O) groups is 1. The van der Waals surface area contributed by atoms with Crippen LogP contribution in [0.4, 0.5) is 13.2 Å². The fourth-order valence-electron chi connectivity index (χ4n) is 3.26. The number of aliphatic hydroxyl groups is 2. The van der Waals surface area contributed by atoms with E-state index in [-0.39, 0.29) is 35.0 Å². The van der Waals surface area contributed by atoms with Gasteiger partial charge in [0.05, 0.1) is 30.7 Å². The summed E-state index contributed by atoms with van der Waals surface area (Å²) in [5, 5.41) is 28.0. The zero-order chi connectivity index (χ0) is 24.3. The Morgan fingerprint density at radius 2 is 2.06 bits per heavy atom. The second-order valence-electron chi connectivity index (χ2n) is 7.33. The molecule has 2 aromatic heterocycles. The minimum atomic E-state index is -4.57. The van der Waals surface area contributed by atoms with Crippen LogP contribution in [0.2, 0.25) is 0 Å². The van der Waals surface area contributed by atoms with E-state index in [1.54, 1.807) is 18.2 Å². The first-order valence-corrected chi connectivity index (χ1v) is 10.1. The van der Waals surface area contributed by atoms with E-state index in [4.69, 9.17) is 9.84 Å². The predicted molar refractivity (Wildman–Crippen MR) is 114 cm³/mol. The summed E-state index contributed by atoms with van der Waals surface area (Å²) in [5.74, 6) is -0.325. The van der Waals surface area contributed by atoms with Crippen molar-refractivity contribution < 1.29 is 32.9 Å². The summed E-state index contributed by atoms with van der Waals surface area (Å²) in [4.78, 5) is 17.0. The molecule has 1 aliphatic rings. The Labute approximate surface area is 191 Å². The Hall–Kier alpha value is -3.74. The number of amides is 1. The smallest absolute Gasteiger partial charge is 0.394 e. The second kappa shape index (κ2) is 9.63. The molecule has 1 amide bonds. The molecule has 3 aromatic rings. The molecule has 0 aliphatic carbocycles. The third-order valence-corrected chi connectivity index (χ3v) is 4.88. The lowest BCUT2D eigenvalue weighted by Gasteiger charge is -2.23. The molecule has 0 bridgehead atoms. The molecule has 0 radical (unpaired) electrons. The number of nitrogens with one attached hydrogen (secondary N) is 2. The van der Waals surface area contributed by atoms with Crippen LogP contribution in [0.1, 0.15) is 16.1 Å². The quantitative estimate of drug-likeness (QED) is 0.412. The van der Waals surface area contributed by atoms with Crippen LogP contribution < -0.4 is 10.6 Å². The van der Waals surface area contributed by atoms with Gasteiger partial charge in [-0.2, -0.15) is 18.3 Å². The van der Waals surface area contributed by atoms with Gasteiger partial charge in [-0.1, -0.05) is 24.3 Å². The first-order chi connectivity index (χ1) is 16.3. The number of rotatable bonds is 7. The number of imidazole rings is 1. The van der Waals surface area contributed by atoms with Crippen molar-refractivity contribution in [3.8, 4) is 11.3 Å². The van der Waals surface area contributed by atoms with Crippen LogP contribution in [0.5, 0.6) is 0 Å². The van der Waals surface area contributed by atoms with Crippen molar-refractivity contribution in [3.05, 3.63) is 77.9 Å². The second-order valence-corrected chi connectivity index (χ2v) is 7.33. The molecule has 1 aliphatic heterocycles. The molecule has 0 spiro atoms. The molecular formula is C22H20F3N5O4. The summed E-state index contributed by atoms with van der Waals surface area (Å²) >= 11 is 0. The number of fused-ring (bicyclic) bond motifs is 1. The largest absolute Gasteiger partial charge is 0.417 e. The standard InChI is InChI=1S/C22H20F3N5O4/c23-22(24,25)15-5-2-1-4-14(15)16-8-9-19-26-10-17(30(19)29-16)21(33)28-18-6-3-7-20(27-18)34-12-13(32)11-31/h1-10,13,20,27,31-32H,11-12H2,(H,28,33). The van der Waals surface area contributed by atoms with Crippen molar-refractivity contribution in [2.45, 2.75) is 18.5 Å². The molecule has 34 heavy (non-hydrogen) atoms. The molecule has 178 valence electrons. The summed E-state index contributed by atoms with van der Waals surface area (Å²) in [6, 6.07) is 7.93. The van der Waals surface area contributed by atoms with E-state index < -0.39 is 36.6 Å². The van der Waals surface area contributed by atoms with Gasteiger partial charge in [0.1, 0.15) is 18.2 Å². The maximum atomic E-state index is 13.4. The van der Waals surface area contributed by atoms with Crippen LogP contribution in [0, 0.1) is 0 Å². The van der Waals surface area contributed by atoms with Crippen molar-refractivity contribution in [1.29, 1.82) is 0 Å². The van der Waals surface area contributed by atoms with Crippen LogP contribution in [0.3, 0.4) is 0 Å². The topological polar surface area (TPSA) is 121 Å². The molecule has 1 aromatic carbocycles. The molecule has 4 N–H and O–H groups in total. The molecule has 0 fully saturated rings. The van der Waals surface area contributed by atoms with Gasteiger partial charge in [-0.15, -0.1) is 0 Å². The summed E-state index contributed by atoms with van der Waals surface area (Å²) in [6.45, 7) is -0.578. The molecule has 4 rings (SSSR count). The number of halogens is 3. The Bertz CT molecular complexity index is 1250. The highest BCUT2D eigenvalue weighted by molar-refractivity contribution is 5.94. The van der Waals surface area contributed by atoms with Gasteiger partial charge in [0.2, 0.25) is 0 Å². The fraction of sp³-hybridized carbons (Fsp3) is 0.227. The van der Waals surface area contributed by atoms with Gasteiger partial charge in [-0.05, 0) is 30.4 Å². The summed E-state index contributed by atoms with van der Waals surface area (Å²) in [6.07, 6.45) is -0.168. The van der Waals surface area contributed by atoms with Gasteiger partial charge in [-0.3, -0.25) is 4.79 Å². The number of aromatic nitrogens is 3. The van der Waals surface area contributed by atoms with Gasteiger partial charge in [0.25, 0.3) is 5.91 Å². The van der Waals surface area contributed by atoms with E-state index in [9.17, 15) is 23.1 Å². The van der Waals surface area contributed by atoms with Crippen molar-refractivity contribution in [2.24, 2.45) is 0 Å². The lowest BCUT2D eigenvalue weighted by Crippen LogP contribution is -2.41. The normalized spacial score (nSPS) is 16.7. The van der Waals surface area contributed by atoms with E-state index in [1.807, 2.05) is 0 Å². The lowest BCUT2D eigenvalue weighted by molar-refractivity contribution is -0.137. The Morgan fingerprint density at radius 3 is 2.82 bits per heavy atom. The van der Waals surface area contributed by atoms with Crippen molar-refractivity contribution in [1.82, 2.24) is 25.2 Å². The lowest BCUT2D eigenvalue weighted by atomic mass is 10.0. The molecule has 2 unspecified atom stereocenters.